The second kappa shape index (κ2) is 7.31. The fourth-order valence-corrected chi connectivity index (χ4v) is 1.99. The van der Waals surface area contributed by atoms with Gasteiger partial charge in [0.05, 0.1) is 10.7 Å². The van der Waals surface area contributed by atoms with E-state index in [0.717, 1.165) is 5.56 Å². The zero-order valence-electron chi connectivity index (χ0n) is 13.0. The monoisotopic (exact) mass is 311 g/mol. The van der Waals surface area contributed by atoms with Gasteiger partial charge in [-0.3, -0.25) is 4.79 Å². The Kier molecular flexibility index (Phi) is 6.03. The third-order valence-electron chi connectivity index (χ3n) is 3.03. The molecule has 0 heterocycles. The summed E-state index contributed by atoms with van der Waals surface area (Å²) >= 11 is 6.03. The van der Waals surface area contributed by atoms with E-state index in [0.29, 0.717) is 10.7 Å². The van der Waals surface area contributed by atoms with Crippen molar-refractivity contribution >= 4 is 29.2 Å². The first kappa shape index (κ1) is 17.3. The van der Waals surface area contributed by atoms with Gasteiger partial charge in [-0.15, -0.1) is 0 Å². The molecule has 1 atom stereocenters. The molecule has 21 heavy (non-hydrogen) atoms. The number of hydrogen-bond acceptors (Lipinski definition) is 2. The van der Waals surface area contributed by atoms with E-state index in [1.165, 1.54) is 4.90 Å². The Balaban J connectivity index is 2.79. The zero-order chi connectivity index (χ0) is 16.2. The first-order valence-corrected chi connectivity index (χ1v) is 7.15. The van der Waals surface area contributed by atoms with Crippen LogP contribution in [0.3, 0.4) is 0 Å². The number of rotatable bonds is 4. The Labute approximate surface area is 130 Å². The molecule has 0 saturated carbocycles. The van der Waals surface area contributed by atoms with Crippen LogP contribution in [0.15, 0.2) is 18.2 Å². The number of likely N-dealkylation sites (N-methyl/N-ethyl adjacent to an activating group) is 1. The van der Waals surface area contributed by atoms with Gasteiger partial charge in [0.2, 0.25) is 5.91 Å². The molecular formula is C15H22ClN3O2. The van der Waals surface area contributed by atoms with Gasteiger partial charge >= 0.3 is 6.03 Å². The Bertz CT molecular complexity index is 530. The number of aryl methyl sites for hydroxylation is 1. The topological polar surface area (TPSA) is 61.4 Å². The second-order valence-corrected chi connectivity index (χ2v) is 5.94. The molecule has 5 nitrogen and oxygen atoms in total. The van der Waals surface area contributed by atoms with Crippen molar-refractivity contribution in [3.63, 3.8) is 0 Å². The molecule has 2 N–H and O–H groups in total. The van der Waals surface area contributed by atoms with Crippen LogP contribution in [-0.4, -0.2) is 37.0 Å². The molecule has 1 aromatic carbocycles. The summed E-state index contributed by atoms with van der Waals surface area (Å²) in [6.07, 6.45) is 0. The Morgan fingerprint density at radius 2 is 1.86 bits per heavy atom. The first-order valence-electron chi connectivity index (χ1n) is 6.77. The molecule has 0 radical (unpaired) electrons. The summed E-state index contributed by atoms with van der Waals surface area (Å²) in [5.41, 5.74) is 1.51. The average molecular weight is 312 g/mol. The third-order valence-corrected chi connectivity index (χ3v) is 3.36. The van der Waals surface area contributed by atoms with Crippen molar-refractivity contribution in [1.29, 1.82) is 0 Å². The molecule has 0 spiro atoms. The number of amides is 3. The van der Waals surface area contributed by atoms with Crippen LogP contribution in [0.5, 0.6) is 0 Å². The van der Waals surface area contributed by atoms with Gasteiger partial charge in [-0.25, -0.2) is 4.79 Å². The molecule has 6 heteroatoms. The van der Waals surface area contributed by atoms with Gasteiger partial charge in [0.25, 0.3) is 0 Å². The van der Waals surface area contributed by atoms with Gasteiger partial charge in [-0.1, -0.05) is 31.5 Å². The van der Waals surface area contributed by atoms with Gasteiger partial charge in [-0.2, -0.15) is 0 Å². The third kappa shape index (κ3) is 4.93. The minimum atomic E-state index is -0.580. The van der Waals surface area contributed by atoms with E-state index in [1.807, 2.05) is 26.8 Å². The maximum absolute atomic E-state index is 12.1. The summed E-state index contributed by atoms with van der Waals surface area (Å²) in [5.74, 6) is -0.158. The Morgan fingerprint density at radius 1 is 1.24 bits per heavy atom. The molecule has 3 amide bonds. The summed E-state index contributed by atoms with van der Waals surface area (Å²) in [7, 11) is 3.32. The van der Waals surface area contributed by atoms with Crippen molar-refractivity contribution in [3.05, 3.63) is 28.8 Å². The average Bonchev–Trinajstić information content (AvgIpc) is 2.39. The molecule has 0 aliphatic rings. The summed E-state index contributed by atoms with van der Waals surface area (Å²) in [4.78, 5) is 25.6. The highest BCUT2D eigenvalue weighted by Gasteiger charge is 2.25. The van der Waals surface area contributed by atoms with E-state index in [1.54, 1.807) is 26.2 Å². The maximum Gasteiger partial charge on any atom is 0.319 e. The lowest BCUT2D eigenvalue weighted by molar-refractivity contribution is -0.131. The number of nitrogens with zero attached hydrogens (tertiary/aromatic N) is 1. The second-order valence-electron chi connectivity index (χ2n) is 5.54. The SMILES string of the molecule is Cc1ccc(Cl)c(NC(=O)NC(C(=O)N(C)C)C(C)C)c1. The summed E-state index contributed by atoms with van der Waals surface area (Å²) in [6.45, 7) is 5.67. The summed E-state index contributed by atoms with van der Waals surface area (Å²) < 4.78 is 0. The number of nitrogens with one attached hydrogen (secondary N) is 2. The number of halogens is 1. The number of anilines is 1. The van der Waals surface area contributed by atoms with Crippen LogP contribution in [0.4, 0.5) is 10.5 Å². The number of carbonyl (C=O) groups excluding carboxylic acids is 2. The van der Waals surface area contributed by atoms with Gasteiger partial charge in [0.1, 0.15) is 6.04 Å². The van der Waals surface area contributed by atoms with E-state index in [2.05, 4.69) is 10.6 Å². The Hall–Kier alpha value is -1.75. The van der Waals surface area contributed by atoms with Crippen molar-refractivity contribution in [2.24, 2.45) is 5.92 Å². The molecule has 0 saturated heterocycles. The van der Waals surface area contributed by atoms with Crippen LogP contribution in [0.1, 0.15) is 19.4 Å². The zero-order valence-corrected chi connectivity index (χ0v) is 13.8. The fourth-order valence-electron chi connectivity index (χ4n) is 1.83. The highest BCUT2D eigenvalue weighted by atomic mass is 35.5. The van der Waals surface area contributed by atoms with Crippen molar-refractivity contribution in [3.8, 4) is 0 Å². The van der Waals surface area contributed by atoms with Crippen molar-refractivity contribution < 1.29 is 9.59 Å². The highest BCUT2D eigenvalue weighted by molar-refractivity contribution is 6.33. The lowest BCUT2D eigenvalue weighted by atomic mass is 10.0. The molecule has 0 aromatic heterocycles. The fraction of sp³-hybridized carbons (Fsp3) is 0.467. The number of hydrogen-bond donors (Lipinski definition) is 2. The molecule has 0 aliphatic heterocycles. The van der Waals surface area contributed by atoms with Crippen LogP contribution in [0.25, 0.3) is 0 Å². The van der Waals surface area contributed by atoms with Crippen LogP contribution in [0.2, 0.25) is 5.02 Å². The van der Waals surface area contributed by atoms with Crippen molar-refractivity contribution in [2.45, 2.75) is 26.8 Å². The van der Waals surface area contributed by atoms with Crippen LogP contribution in [0, 0.1) is 12.8 Å². The maximum atomic E-state index is 12.1. The van der Waals surface area contributed by atoms with E-state index >= 15 is 0 Å². The molecule has 0 fully saturated rings. The first-order chi connectivity index (χ1) is 9.72. The lowest BCUT2D eigenvalue weighted by Crippen LogP contribution is -2.50. The number of benzene rings is 1. The number of carbonyl (C=O) groups is 2. The van der Waals surface area contributed by atoms with Gasteiger partial charge in [0, 0.05) is 14.1 Å². The van der Waals surface area contributed by atoms with Crippen LogP contribution in [-0.2, 0) is 4.79 Å². The molecular weight excluding hydrogens is 290 g/mol. The normalized spacial score (nSPS) is 12.0. The lowest BCUT2D eigenvalue weighted by Gasteiger charge is -2.24. The van der Waals surface area contributed by atoms with E-state index in [9.17, 15) is 9.59 Å². The number of urea groups is 1. The molecule has 1 aromatic rings. The minimum absolute atomic E-state index is 0.0152. The van der Waals surface area contributed by atoms with Crippen molar-refractivity contribution in [1.82, 2.24) is 10.2 Å². The summed E-state index contributed by atoms with van der Waals surface area (Å²) in [5, 5.41) is 5.82. The van der Waals surface area contributed by atoms with E-state index in [-0.39, 0.29) is 11.8 Å². The van der Waals surface area contributed by atoms with E-state index in [4.69, 9.17) is 11.6 Å². The van der Waals surface area contributed by atoms with Gasteiger partial charge in [-0.05, 0) is 30.5 Å². The molecule has 1 rings (SSSR count). The van der Waals surface area contributed by atoms with Crippen LogP contribution < -0.4 is 10.6 Å². The predicted molar refractivity (Wildman–Crippen MR) is 85.7 cm³/mol. The molecule has 0 aliphatic carbocycles. The minimum Gasteiger partial charge on any atom is -0.347 e. The molecule has 0 bridgehead atoms. The molecule has 116 valence electrons. The quantitative estimate of drug-likeness (QED) is 0.898. The van der Waals surface area contributed by atoms with Crippen LogP contribution >= 0.6 is 11.6 Å². The summed E-state index contributed by atoms with van der Waals surface area (Å²) in [6, 6.07) is 4.33. The largest absolute Gasteiger partial charge is 0.347 e. The highest BCUT2D eigenvalue weighted by Crippen LogP contribution is 2.22. The standard InChI is InChI=1S/C15H22ClN3O2/c1-9(2)13(14(20)19(4)5)18-15(21)17-12-8-10(3)6-7-11(12)16/h6-9,13H,1-5H3,(H2,17,18,21). The van der Waals surface area contributed by atoms with E-state index < -0.39 is 12.1 Å². The smallest absolute Gasteiger partial charge is 0.319 e. The Morgan fingerprint density at radius 3 is 2.38 bits per heavy atom. The molecule has 1 unspecified atom stereocenters. The van der Waals surface area contributed by atoms with Crippen molar-refractivity contribution in [2.75, 3.05) is 19.4 Å². The predicted octanol–water partition coefficient (Wildman–Crippen LogP) is 2.88. The van der Waals surface area contributed by atoms with Gasteiger partial charge < -0.3 is 15.5 Å². The van der Waals surface area contributed by atoms with Gasteiger partial charge in [0.15, 0.2) is 0 Å².